The van der Waals surface area contributed by atoms with Crippen LogP contribution in [0.25, 0.3) is 0 Å². The van der Waals surface area contributed by atoms with Gasteiger partial charge in [-0.05, 0) is 50.1 Å². The lowest BCUT2D eigenvalue weighted by Crippen LogP contribution is -2.23. The number of benzene rings is 1. The molecule has 1 saturated heterocycles. The van der Waals surface area contributed by atoms with E-state index in [0.717, 1.165) is 31.6 Å². The van der Waals surface area contributed by atoms with E-state index >= 15 is 0 Å². The van der Waals surface area contributed by atoms with Crippen LogP contribution < -0.4 is 10.1 Å². The van der Waals surface area contributed by atoms with Gasteiger partial charge in [-0.15, -0.1) is 0 Å². The first kappa shape index (κ1) is 11.1. The number of nitrogens with one attached hydrogen (secondary N) is 1. The largest absolute Gasteiger partial charge is 0.494 e. The summed E-state index contributed by atoms with van der Waals surface area (Å²) in [6.45, 7) is 1.87. The highest BCUT2D eigenvalue weighted by Gasteiger charge is 2.13. The van der Waals surface area contributed by atoms with Gasteiger partial charge in [0.1, 0.15) is 12.0 Å². The number of carbonyl (C=O) groups is 1. The van der Waals surface area contributed by atoms with Gasteiger partial charge in [-0.3, -0.25) is 4.79 Å². The van der Waals surface area contributed by atoms with E-state index in [2.05, 4.69) is 5.32 Å². The van der Waals surface area contributed by atoms with Crippen LogP contribution in [0.2, 0.25) is 0 Å². The molecule has 0 amide bonds. The van der Waals surface area contributed by atoms with E-state index in [4.69, 9.17) is 4.74 Å². The first-order valence-electron chi connectivity index (χ1n) is 5.80. The zero-order valence-electron chi connectivity index (χ0n) is 9.32. The summed E-state index contributed by atoms with van der Waals surface area (Å²) in [5.41, 5.74) is 0.685. The lowest BCUT2D eigenvalue weighted by Gasteiger charge is -2.11. The number of ether oxygens (including phenoxy) is 1. The predicted molar refractivity (Wildman–Crippen MR) is 63.0 cm³/mol. The molecule has 2 rings (SSSR count). The molecule has 1 aliphatic rings. The van der Waals surface area contributed by atoms with Gasteiger partial charge in [-0.2, -0.15) is 0 Å². The normalized spacial score (nSPS) is 19.6. The second-order valence-electron chi connectivity index (χ2n) is 4.12. The summed E-state index contributed by atoms with van der Waals surface area (Å²) in [5, 5.41) is 3.43. The van der Waals surface area contributed by atoms with Crippen LogP contribution in [0.15, 0.2) is 24.3 Å². The van der Waals surface area contributed by atoms with Crippen molar-refractivity contribution >= 4 is 6.29 Å². The van der Waals surface area contributed by atoms with Gasteiger partial charge >= 0.3 is 0 Å². The highest BCUT2D eigenvalue weighted by molar-refractivity contribution is 5.74. The molecule has 1 aromatic carbocycles. The molecule has 86 valence electrons. The van der Waals surface area contributed by atoms with E-state index in [9.17, 15) is 4.79 Å². The average Bonchev–Trinajstić information content (AvgIpc) is 2.83. The van der Waals surface area contributed by atoms with Gasteiger partial charge in [-0.25, -0.2) is 0 Å². The SMILES string of the molecule is O=Cc1ccc(OCCC2CCCN2)cc1. The number of aldehydes is 1. The van der Waals surface area contributed by atoms with Crippen LogP contribution in [-0.2, 0) is 0 Å². The molecule has 1 atom stereocenters. The predicted octanol–water partition coefficient (Wildman–Crippen LogP) is 2.02. The van der Waals surface area contributed by atoms with Crippen molar-refractivity contribution in [3.05, 3.63) is 29.8 Å². The monoisotopic (exact) mass is 219 g/mol. The number of rotatable bonds is 5. The van der Waals surface area contributed by atoms with Crippen LogP contribution in [0, 0.1) is 0 Å². The summed E-state index contributed by atoms with van der Waals surface area (Å²) in [5.74, 6) is 0.837. The van der Waals surface area contributed by atoms with Crippen molar-refractivity contribution in [3.63, 3.8) is 0 Å². The maximum atomic E-state index is 10.5. The molecule has 0 aliphatic carbocycles. The quantitative estimate of drug-likeness (QED) is 0.770. The van der Waals surface area contributed by atoms with Crippen molar-refractivity contribution < 1.29 is 9.53 Å². The molecule has 1 fully saturated rings. The van der Waals surface area contributed by atoms with Crippen LogP contribution in [0.5, 0.6) is 5.75 Å². The van der Waals surface area contributed by atoms with Gasteiger partial charge in [-0.1, -0.05) is 0 Å². The van der Waals surface area contributed by atoms with Crippen molar-refractivity contribution in [1.29, 1.82) is 0 Å². The first-order valence-corrected chi connectivity index (χ1v) is 5.80. The van der Waals surface area contributed by atoms with Crippen molar-refractivity contribution in [2.75, 3.05) is 13.2 Å². The number of hydrogen-bond acceptors (Lipinski definition) is 3. The second kappa shape index (κ2) is 5.66. The molecule has 1 heterocycles. The zero-order chi connectivity index (χ0) is 11.2. The summed E-state index contributed by atoms with van der Waals surface area (Å²) >= 11 is 0. The summed E-state index contributed by atoms with van der Waals surface area (Å²) in [6, 6.07) is 7.85. The molecule has 3 heteroatoms. The minimum atomic E-state index is 0.620. The van der Waals surface area contributed by atoms with E-state index < -0.39 is 0 Å². The molecule has 1 aromatic rings. The third-order valence-electron chi connectivity index (χ3n) is 2.91. The van der Waals surface area contributed by atoms with Gasteiger partial charge in [0.25, 0.3) is 0 Å². The minimum Gasteiger partial charge on any atom is -0.494 e. The molecule has 0 radical (unpaired) electrons. The summed E-state index contributed by atoms with van der Waals surface area (Å²) in [7, 11) is 0. The van der Waals surface area contributed by atoms with Crippen LogP contribution in [-0.4, -0.2) is 25.5 Å². The molecule has 0 spiro atoms. The molecular weight excluding hydrogens is 202 g/mol. The molecule has 3 nitrogen and oxygen atoms in total. The topological polar surface area (TPSA) is 38.3 Å². The van der Waals surface area contributed by atoms with E-state index in [1.165, 1.54) is 12.8 Å². The van der Waals surface area contributed by atoms with Crippen LogP contribution in [0.1, 0.15) is 29.6 Å². The fourth-order valence-electron chi connectivity index (χ4n) is 1.96. The lowest BCUT2D eigenvalue weighted by atomic mass is 10.2. The van der Waals surface area contributed by atoms with Crippen molar-refractivity contribution in [3.8, 4) is 5.75 Å². The lowest BCUT2D eigenvalue weighted by molar-refractivity contribution is 0.112. The third-order valence-corrected chi connectivity index (χ3v) is 2.91. The van der Waals surface area contributed by atoms with Crippen molar-refractivity contribution in [2.45, 2.75) is 25.3 Å². The Morgan fingerprint density at radius 3 is 2.81 bits per heavy atom. The second-order valence-corrected chi connectivity index (χ2v) is 4.12. The third kappa shape index (κ3) is 3.07. The van der Waals surface area contributed by atoms with E-state index in [0.29, 0.717) is 11.6 Å². The summed E-state index contributed by atoms with van der Waals surface area (Å²) in [6.07, 6.45) is 4.42. The number of carbonyl (C=O) groups excluding carboxylic acids is 1. The summed E-state index contributed by atoms with van der Waals surface area (Å²) in [4.78, 5) is 10.5. The Kier molecular flexibility index (Phi) is 3.94. The van der Waals surface area contributed by atoms with Crippen LogP contribution in [0.4, 0.5) is 0 Å². The minimum absolute atomic E-state index is 0.620. The molecule has 16 heavy (non-hydrogen) atoms. The zero-order valence-corrected chi connectivity index (χ0v) is 9.32. The first-order chi connectivity index (χ1) is 7.88. The van der Waals surface area contributed by atoms with E-state index in [-0.39, 0.29) is 0 Å². The Hall–Kier alpha value is -1.35. The Bertz CT molecular complexity index is 328. The fraction of sp³-hybridized carbons (Fsp3) is 0.462. The average molecular weight is 219 g/mol. The maximum absolute atomic E-state index is 10.5. The van der Waals surface area contributed by atoms with E-state index in [1.807, 2.05) is 12.1 Å². The van der Waals surface area contributed by atoms with Gasteiger partial charge < -0.3 is 10.1 Å². The Morgan fingerprint density at radius 1 is 1.38 bits per heavy atom. The van der Waals surface area contributed by atoms with Gasteiger partial charge in [0.2, 0.25) is 0 Å². The van der Waals surface area contributed by atoms with Crippen LogP contribution >= 0.6 is 0 Å². The van der Waals surface area contributed by atoms with Gasteiger partial charge in [0.05, 0.1) is 6.61 Å². The Balaban J connectivity index is 1.73. The molecule has 1 aliphatic heterocycles. The number of hydrogen-bond donors (Lipinski definition) is 1. The smallest absolute Gasteiger partial charge is 0.150 e. The van der Waals surface area contributed by atoms with Crippen LogP contribution in [0.3, 0.4) is 0 Å². The van der Waals surface area contributed by atoms with Gasteiger partial charge in [0.15, 0.2) is 0 Å². The Morgan fingerprint density at radius 2 is 2.19 bits per heavy atom. The van der Waals surface area contributed by atoms with E-state index in [1.54, 1.807) is 12.1 Å². The van der Waals surface area contributed by atoms with Crippen molar-refractivity contribution in [1.82, 2.24) is 5.32 Å². The highest BCUT2D eigenvalue weighted by Crippen LogP contribution is 2.13. The molecule has 0 bridgehead atoms. The van der Waals surface area contributed by atoms with Gasteiger partial charge in [0, 0.05) is 11.6 Å². The summed E-state index contributed by atoms with van der Waals surface area (Å²) < 4.78 is 5.61. The molecular formula is C13H17NO2. The highest BCUT2D eigenvalue weighted by atomic mass is 16.5. The fourth-order valence-corrected chi connectivity index (χ4v) is 1.96. The molecule has 0 saturated carbocycles. The van der Waals surface area contributed by atoms with Crippen molar-refractivity contribution in [2.24, 2.45) is 0 Å². The molecule has 1 N–H and O–H groups in total. The maximum Gasteiger partial charge on any atom is 0.150 e. The Labute approximate surface area is 95.8 Å². The molecule has 1 unspecified atom stereocenters. The standard InChI is InChI=1S/C13H17NO2/c15-10-11-3-5-13(6-4-11)16-9-7-12-2-1-8-14-12/h3-6,10,12,14H,1-2,7-9H2. The molecule has 0 aromatic heterocycles.